The zero-order chi connectivity index (χ0) is 21.7. The van der Waals surface area contributed by atoms with Crippen molar-refractivity contribution in [3.63, 3.8) is 0 Å². The van der Waals surface area contributed by atoms with Crippen LogP contribution in [0.1, 0.15) is 106 Å². The predicted octanol–water partition coefficient (Wildman–Crippen LogP) is 7.84. The molecule has 8 unspecified atom stereocenters. The monoisotopic (exact) mass is 410 g/mol. The van der Waals surface area contributed by atoms with E-state index in [4.69, 9.17) is 0 Å². The topological polar surface area (TPSA) is 17.1 Å². The fourth-order valence-corrected chi connectivity index (χ4v) is 10.6. The lowest BCUT2D eigenvalue weighted by molar-refractivity contribution is -0.144. The van der Waals surface area contributed by atoms with Gasteiger partial charge in [-0.3, -0.25) is 4.79 Å². The Balaban J connectivity index is 1.51. The van der Waals surface area contributed by atoms with Crippen molar-refractivity contribution in [2.45, 2.75) is 106 Å². The van der Waals surface area contributed by atoms with Crippen LogP contribution in [-0.2, 0) is 4.79 Å². The SMILES string of the molecule is CC(C)C1CCC2C3CC=C4C(CCC5C(C)(C)C(=O)CCC45C)C3(C)CCC12C. The molecular formula is C29H46O. The first-order valence-corrected chi connectivity index (χ1v) is 13.2. The molecular weight excluding hydrogens is 364 g/mol. The highest BCUT2D eigenvalue weighted by molar-refractivity contribution is 5.85. The summed E-state index contributed by atoms with van der Waals surface area (Å²) in [6.07, 6.45) is 14.3. The summed E-state index contributed by atoms with van der Waals surface area (Å²) in [6.45, 7) is 17.4. The minimum Gasteiger partial charge on any atom is -0.299 e. The van der Waals surface area contributed by atoms with Gasteiger partial charge < -0.3 is 0 Å². The molecule has 1 nitrogen and oxygen atoms in total. The van der Waals surface area contributed by atoms with E-state index >= 15 is 0 Å². The molecule has 5 aliphatic rings. The highest BCUT2D eigenvalue weighted by Gasteiger charge is 2.64. The highest BCUT2D eigenvalue weighted by atomic mass is 16.1. The number of Topliss-reactive ketones (excluding diaryl/α,β-unsaturated/α-hetero) is 1. The van der Waals surface area contributed by atoms with Gasteiger partial charge in [-0.1, -0.05) is 60.1 Å². The molecule has 5 aliphatic carbocycles. The molecule has 0 aliphatic heterocycles. The van der Waals surface area contributed by atoms with Crippen molar-refractivity contribution in [1.82, 2.24) is 0 Å². The summed E-state index contributed by atoms with van der Waals surface area (Å²) in [5, 5.41) is 0. The van der Waals surface area contributed by atoms with E-state index in [0.29, 0.717) is 22.5 Å². The van der Waals surface area contributed by atoms with E-state index in [0.717, 1.165) is 42.4 Å². The highest BCUT2D eigenvalue weighted by Crippen LogP contribution is 2.72. The normalized spacial score (nSPS) is 52.2. The lowest BCUT2D eigenvalue weighted by Gasteiger charge is -2.64. The number of fused-ring (bicyclic) bond motifs is 7. The molecule has 8 atom stereocenters. The second-order valence-corrected chi connectivity index (χ2v) is 13.8. The molecule has 30 heavy (non-hydrogen) atoms. The van der Waals surface area contributed by atoms with E-state index in [1.54, 1.807) is 5.57 Å². The second-order valence-electron chi connectivity index (χ2n) is 13.8. The Morgan fingerprint density at radius 2 is 1.57 bits per heavy atom. The molecule has 0 aromatic heterocycles. The number of hydrogen-bond donors (Lipinski definition) is 0. The summed E-state index contributed by atoms with van der Waals surface area (Å²) < 4.78 is 0. The summed E-state index contributed by atoms with van der Waals surface area (Å²) in [7, 11) is 0. The first-order chi connectivity index (χ1) is 14.0. The minimum atomic E-state index is -0.141. The average Bonchev–Trinajstić information content (AvgIpc) is 3.03. The van der Waals surface area contributed by atoms with Crippen molar-refractivity contribution in [2.24, 2.45) is 57.2 Å². The Morgan fingerprint density at radius 1 is 0.867 bits per heavy atom. The van der Waals surface area contributed by atoms with Gasteiger partial charge in [0.2, 0.25) is 0 Å². The van der Waals surface area contributed by atoms with Gasteiger partial charge in [-0.05, 0) is 103 Å². The molecule has 4 saturated carbocycles. The van der Waals surface area contributed by atoms with Crippen molar-refractivity contribution < 1.29 is 4.79 Å². The Kier molecular flexibility index (Phi) is 4.59. The molecule has 0 N–H and O–H groups in total. The van der Waals surface area contributed by atoms with Crippen LogP contribution in [0.5, 0.6) is 0 Å². The lowest BCUT2D eigenvalue weighted by Crippen LogP contribution is -2.58. The van der Waals surface area contributed by atoms with Crippen LogP contribution in [-0.4, -0.2) is 5.78 Å². The molecule has 0 heterocycles. The van der Waals surface area contributed by atoms with Crippen LogP contribution < -0.4 is 0 Å². The summed E-state index contributed by atoms with van der Waals surface area (Å²) in [6, 6.07) is 0. The molecule has 0 bridgehead atoms. The molecule has 0 amide bonds. The van der Waals surface area contributed by atoms with E-state index in [-0.39, 0.29) is 10.8 Å². The fourth-order valence-electron chi connectivity index (χ4n) is 10.6. The van der Waals surface area contributed by atoms with Crippen LogP contribution in [0.25, 0.3) is 0 Å². The van der Waals surface area contributed by atoms with Gasteiger partial charge in [0.05, 0.1) is 0 Å². The number of rotatable bonds is 1. The van der Waals surface area contributed by atoms with Gasteiger partial charge in [0.1, 0.15) is 5.78 Å². The zero-order valence-electron chi connectivity index (χ0n) is 20.8. The van der Waals surface area contributed by atoms with E-state index < -0.39 is 0 Å². The van der Waals surface area contributed by atoms with Crippen LogP contribution in [0, 0.1) is 57.2 Å². The molecule has 0 aromatic rings. The smallest absolute Gasteiger partial charge is 0.138 e. The van der Waals surface area contributed by atoms with Crippen molar-refractivity contribution in [3.8, 4) is 0 Å². The van der Waals surface area contributed by atoms with Gasteiger partial charge in [0, 0.05) is 11.8 Å². The summed E-state index contributed by atoms with van der Waals surface area (Å²) in [4.78, 5) is 12.8. The zero-order valence-corrected chi connectivity index (χ0v) is 20.8. The molecule has 4 fully saturated rings. The average molecular weight is 411 g/mol. The quantitative estimate of drug-likeness (QED) is 0.402. The summed E-state index contributed by atoms with van der Waals surface area (Å²) >= 11 is 0. The summed E-state index contributed by atoms with van der Waals surface area (Å²) in [5.74, 6) is 5.39. The first kappa shape index (κ1) is 21.3. The van der Waals surface area contributed by atoms with Crippen LogP contribution in [0.3, 0.4) is 0 Å². The van der Waals surface area contributed by atoms with E-state index in [9.17, 15) is 4.79 Å². The maximum absolute atomic E-state index is 12.8. The van der Waals surface area contributed by atoms with Crippen LogP contribution >= 0.6 is 0 Å². The van der Waals surface area contributed by atoms with E-state index in [1.807, 2.05) is 0 Å². The van der Waals surface area contributed by atoms with Gasteiger partial charge in [-0.25, -0.2) is 0 Å². The third-order valence-corrected chi connectivity index (χ3v) is 12.2. The van der Waals surface area contributed by atoms with Crippen molar-refractivity contribution in [3.05, 3.63) is 11.6 Å². The molecule has 1 heteroatoms. The van der Waals surface area contributed by atoms with Gasteiger partial charge in [0.15, 0.2) is 0 Å². The molecule has 0 radical (unpaired) electrons. The van der Waals surface area contributed by atoms with E-state index in [2.05, 4.69) is 54.5 Å². The third-order valence-electron chi connectivity index (χ3n) is 12.2. The molecule has 0 spiro atoms. The Labute approximate surface area is 185 Å². The van der Waals surface area contributed by atoms with Crippen LogP contribution in [0.15, 0.2) is 11.6 Å². The van der Waals surface area contributed by atoms with E-state index in [1.165, 1.54) is 44.9 Å². The Hall–Kier alpha value is -0.590. The van der Waals surface area contributed by atoms with Crippen molar-refractivity contribution in [2.75, 3.05) is 0 Å². The Bertz CT molecular complexity index is 773. The van der Waals surface area contributed by atoms with Crippen LogP contribution in [0.2, 0.25) is 0 Å². The van der Waals surface area contributed by atoms with Crippen molar-refractivity contribution in [1.29, 1.82) is 0 Å². The lowest BCUT2D eigenvalue weighted by atomic mass is 9.40. The number of carbonyl (C=O) groups excluding carboxylic acids is 1. The second kappa shape index (κ2) is 6.48. The van der Waals surface area contributed by atoms with Crippen molar-refractivity contribution >= 4 is 5.78 Å². The van der Waals surface area contributed by atoms with Gasteiger partial charge in [-0.2, -0.15) is 0 Å². The molecule has 0 saturated heterocycles. The first-order valence-electron chi connectivity index (χ1n) is 13.2. The standard InChI is InChI=1S/C29H46O/c1-18(2)19-8-9-20-21-10-11-23-22(28(21,6)17-16-27(19,20)5)12-13-24-26(3,4)25(30)14-15-29(23,24)7/h11,18-22,24H,8-10,12-17H2,1-7H3. The molecule has 5 rings (SSSR count). The maximum Gasteiger partial charge on any atom is 0.138 e. The predicted molar refractivity (Wildman–Crippen MR) is 125 cm³/mol. The van der Waals surface area contributed by atoms with Gasteiger partial charge in [-0.15, -0.1) is 0 Å². The van der Waals surface area contributed by atoms with Gasteiger partial charge >= 0.3 is 0 Å². The minimum absolute atomic E-state index is 0.141. The number of ketones is 1. The third kappa shape index (κ3) is 2.50. The number of carbonyl (C=O) groups is 1. The molecule has 0 aromatic carbocycles. The maximum atomic E-state index is 12.8. The molecule has 168 valence electrons. The fraction of sp³-hybridized carbons (Fsp3) is 0.897. The van der Waals surface area contributed by atoms with Crippen LogP contribution in [0.4, 0.5) is 0 Å². The number of hydrogen-bond acceptors (Lipinski definition) is 1. The van der Waals surface area contributed by atoms with Gasteiger partial charge in [0.25, 0.3) is 0 Å². The Morgan fingerprint density at radius 3 is 2.27 bits per heavy atom. The number of allylic oxidation sites excluding steroid dienone is 2. The summed E-state index contributed by atoms with van der Waals surface area (Å²) in [5.41, 5.74) is 2.96. The largest absolute Gasteiger partial charge is 0.299 e.